The minimum absolute atomic E-state index is 0.572. The fourth-order valence-electron chi connectivity index (χ4n) is 2.43. The van der Waals surface area contributed by atoms with Crippen LogP contribution in [-0.4, -0.2) is 14.9 Å². The molecule has 0 aliphatic rings. The first-order valence-corrected chi connectivity index (χ1v) is 8.29. The number of hydrogen-bond acceptors (Lipinski definition) is 2. The smallest absolute Gasteiger partial charge is 0.172 e. The molecule has 3 rings (SSSR count). The van der Waals surface area contributed by atoms with Gasteiger partial charge in [0.25, 0.3) is 0 Å². The fourth-order valence-corrected chi connectivity index (χ4v) is 2.60. The Balaban J connectivity index is 1.57. The lowest BCUT2D eigenvalue weighted by Crippen LogP contribution is -2.28. The van der Waals surface area contributed by atoms with Crippen molar-refractivity contribution in [2.24, 2.45) is 0 Å². The highest BCUT2D eigenvalue weighted by atomic mass is 32.1. The molecule has 0 spiro atoms. The van der Waals surface area contributed by atoms with Gasteiger partial charge >= 0.3 is 0 Å². The van der Waals surface area contributed by atoms with Crippen molar-refractivity contribution in [3.63, 3.8) is 0 Å². The molecular weight excluding hydrogens is 316 g/mol. The lowest BCUT2D eigenvalue weighted by Gasteiger charge is -2.08. The van der Waals surface area contributed by atoms with E-state index in [1.165, 1.54) is 11.1 Å². The first kappa shape index (κ1) is 16.2. The second-order valence-electron chi connectivity index (χ2n) is 5.61. The maximum absolute atomic E-state index is 5.35. The Labute approximate surface area is 147 Å². The van der Waals surface area contributed by atoms with Crippen molar-refractivity contribution in [2.75, 3.05) is 5.32 Å². The Kier molecular flexibility index (Phi) is 5.23. The van der Waals surface area contributed by atoms with E-state index in [9.17, 15) is 0 Å². The van der Waals surface area contributed by atoms with Gasteiger partial charge in [0, 0.05) is 18.3 Å². The van der Waals surface area contributed by atoms with Crippen molar-refractivity contribution < 1.29 is 0 Å². The lowest BCUT2D eigenvalue weighted by atomic mass is 10.2. The Morgan fingerprint density at radius 2 is 1.62 bits per heavy atom. The standard InChI is InChI=1S/C19H20N4S/c1-15-12-18(22-23(15)14-17-10-6-3-7-11-17)21-19(24)20-13-16-8-4-2-5-9-16/h2-12H,13-14H2,1H3,(H2,20,21,22,24). The number of nitrogens with one attached hydrogen (secondary N) is 2. The fraction of sp³-hybridized carbons (Fsp3) is 0.158. The summed E-state index contributed by atoms with van der Waals surface area (Å²) < 4.78 is 1.97. The largest absolute Gasteiger partial charge is 0.358 e. The van der Waals surface area contributed by atoms with Crippen LogP contribution in [0.5, 0.6) is 0 Å². The molecule has 0 bridgehead atoms. The monoisotopic (exact) mass is 336 g/mol. The summed E-state index contributed by atoms with van der Waals surface area (Å²) >= 11 is 5.35. The van der Waals surface area contributed by atoms with E-state index in [1.807, 2.05) is 54.1 Å². The third-order valence-electron chi connectivity index (χ3n) is 3.69. The molecule has 0 radical (unpaired) electrons. The van der Waals surface area contributed by atoms with Crippen LogP contribution in [0.25, 0.3) is 0 Å². The summed E-state index contributed by atoms with van der Waals surface area (Å²) in [5.41, 5.74) is 3.50. The highest BCUT2D eigenvalue weighted by molar-refractivity contribution is 7.80. The van der Waals surface area contributed by atoms with Gasteiger partial charge in [-0.3, -0.25) is 4.68 Å². The maximum Gasteiger partial charge on any atom is 0.172 e. The van der Waals surface area contributed by atoms with E-state index in [-0.39, 0.29) is 0 Å². The van der Waals surface area contributed by atoms with Gasteiger partial charge in [0.1, 0.15) is 0 Å². The summed E-state index contributed by atoms with van der Waals surface area (Å²) in [6.45, 7) is 3.48. The van der Waals surface area contributed by atoms with Gasteiger partial charge in [0.2, 0.25) is 0 Å². The molecule has 4 nitrogen and oxygen atoms in total. The van der Waals surface area contributed by atoms with Crippen molar-refractivity contribution in [2.45, 2.75) is 20.0 Å². The number of aromatic nitrogens is 2. The van der Waals surface area contributed by atoms with E-state index < -0.39 is 0 Å². The molecule has 0 aliphatic carbocycles. The number of anilines is 1. The molecule has 0 amide bonds. The number of aryl methyl sites for hydroxylation is 1. The summed E-state index contributed by atoms with van der Waals surface area (Å²) in [7, 11) is 0. The Morgan fingerprint density at radius 1 is 1.00 bits per heavy atom. The molecule has 24 heavy (non-hydrogen) atoms. The molecular formula is C19H20N4S. The van der Waals surface area contributed by atoms with Crippen LogP contribution >= 0.6 is 12.2 Å². The van der Waals surface area contributed by atoms with Gasteiger partial charge in [-0.2, -0.15) is 5.10 Å². The van der Waals surface area contributed by atoms with Gasteiger partial charge in [-0.15, -0.1) is 0 Å². The topological polar surface area (TPSA) is 41.9 Å². The third-order valence-corrected chi connectivity index (χ3v) is 3.94. The highest BCUT2D eigenvalue weighted by Crippen LogP contribution is 2.11. The van der Waals surface area contributed by atoms with Gasteiger partial charge in [-0.05, 0) is 30.3 Å². The minimum Gasteiger partial charge on any atom is -0.358 e. The summed E-state index contributed by atoms with van der Waals surface area (Å²) in [5, 5.41) is 11.5. The first-order chi connectivity index (χ1) is 11.7. The summed E-state index contributed by atoms with van der Waals surface area (Å²) in [6.07, 6.45) is 0. The number of hydrogen-bond donors (Lipinski definition) is 2. The zero-order valence-electron chi connectivity index (χ0n) is 13.6. The van der Waals surface area contributed by atoms with Gasteiger partial charge in [0.15, 0.2) is 10.9 Å². The van der Waals surface area contributed by atoms with Crippen LogP contribution in [0.3, 0.4) is 0 Å². The summed E-state index contributed by atoms with van der Waals surface area (Å²) in [4.78, 5) is 0. The number of rotatable bonds is 5. The second kappa shape index (κ2) is 7.75. The Bertz CT molecular complexity index is 797. The number of nitrogens with zero attached hydrogens (tertiary/aromatic N) is 2. The average Bonchev–Trinajstić information content (AvgIpc) is 2.94. The van der Waals surface area contributed by atoms with E-state index >= 15 is 0 Å². The van der Waals surface area contributed by atoms with Crippen molar-refractivity contribution >= 4 is 23.1 Å². The van der Waals surface area contributed by atoms with Crippen LogP contribution in [0.4, 0.5) is 5.82 Å². The molecule has 0 saturated heterocycles. The predicted octanol–water partition coefficient (Wildman–Crippen LogP) is 3.73. The van der Waals surface area contributed by atoms with E-state index in [4.69, 9.17) is 12.2 Å². The van der Waals surface area contributed by atoms with Crippen molar-refractivity contribution in [3.05, 3.63) is 83.6 Å². The Hall–Kier alpha value is -2.66. The highest BCUT2D eigenvalue weighted by Gasteiger charge is 2.06. The van der Waals surface area contributed by atoms with Crippen LogP contribution in [0.2, 0.25) is 0 Å². The zero-order valence-corrected chi connectivity index (χ0v) is 14.4. The second-order valence-corrected chi connectivity index (χ2v) is 6.02. The molecule has 0 unspecified atom stereocenters. The van der Waals surface area contributed by atoms with Crippen LogP contribution in [-0.2, 0) is 13.1 Å². The first-order valence-electron chi connectivity index (χ1n) is 7.88. The zero-order chi connectivity index (χ0) is 16.8. The maximum atomic E-state index is 5.35. The quantitative estimate of drug-likeness (QED) is 0.697. The predicted molar refractivity (Wildman–Crippen MR) is 102 cm³/mol. The van der Waals surface area contributed by atoms with Crippen molar-refractivity contribution in [1.82, 2.24) is 15.1 Å². The lowest BCUT2D eigenvalue weighted by molar-refractivity contribution is 0.668. The molecule has 3 aromatic rings. The van der Waals surface area contributed by atoms with E-state index in [1.54, 1.807) is 0 Å². The summed E-state index contributed by atoms with van der Waals surface area (Å²) in [5.74, 6) is 0.758. The molecule has 0 saturated carbocycles. The van der Waals surface area contributed by atoms with Crippen LogP contribution in [0.1, 0.15) is 16.8 Å². The SMILES string of the molecule is Cc1cc(NC(=S)NCc2ccccc2)nn1Cc1ccccc1. The molecule has 2 aromatic carbocycles. The van der Waals surface area contributed by atoms with Crippen LogP contribution < -0.4 is 10.6 Å². The van der Waals surface area contributed by atoms with Crippen LogP contribution in [0, 0.1) is 6.92 Å². The average molecular weight is 336 g/mol. The van der Waals surface area contributed by atoms with Gasteiger partial charge < -0.3 is 10.6 Å². The van der Waals surface area contributed by atoms with Gasteiger partial charge in [0.05, 0.1) is 6.54 Å². The van der Waals surface area contributed by atoms with Crippen molar-refractivity contribution in [3.8, 4) is 0 Å². The van der Waals surface area contributed by atoms with E-state index in [2.05, 4.69) is 40.0 Å². The number of thiocarbonyl (C=S) groups is 1. The van der Waals surface area contributed by atoms with E-state index in [0.29, 0.717) is 11.7 Å². The van der Waals surface area contributed by atoms with E-state index in [0.717, 1.165) is 18.1 Å². The molecule has 122 valence electrons. The van der Waals surface area contributed by atoms with Crippen molar-refractivity contribution in [1.29, 1.82) is 0 Å². The molecule has 1 aromatic heterocycles. The minimum atomic E-state index is 0.572. The Morgan fingerprint density at radius 3 is 2.29 bits per heavy atom. The molecule has 0 atom stereocenters. The van der Waals surface area contributed by atoms with Crippen LogP contribution in [0.15, 0.2) is 66.7 Å². The third kappa shape index (κ3) is 4.43. The molecule has 2 N–H and O–H groups in total. The van der Waals surface area contributed by atoms with Gasteiger partial charge in [-0.1, -0.05) is 60.7 Å². The molecule has 5 heteroatoms. The summed E-state index contributed by atoms with van der Waals surface area (Å²) in [6, 6.07) is 22.4. The number of benzene rings is 2. The van der Waals surface area contributed by atoms with Gasteiger partial charge in [-0.25, -0.2) is 0 Å². The molecule has 1 heterocycles. The molecule has 0 fully saturated rings. The normalized spacial score (nSPS) is 10.4. The molecule has 0 aliphatic heterocycles.